The average molecular weight is 369 g/mol. The highest BCUT2D eigenvalue weighted by atomic mass is 35.5. The van der Waals surface area contributed by atoms with E-state index in [0.717, 1.165) is 19.3 Å². The quantitative estimate of drug-likeness (QED) is 0.837. The van der Waals surface area contributed by atoms with Crippen molar-refractivity contribution >= 4 is 45.0 Å². The fourth-order valence-corrected chi connectivity index (χ4v) is 5.75. The maximum Gasteiger partial charge on any atom is 0.242 e. The van der Waals surface area contributed by atoms with E-state index in [9.17, 15) is 8.42 Å². The van der Waals surface area contributed by atoms with Gasteiger partial charge in [-0.1, -0.05) is 29.6 Å². The lowest BCUT2D eigenvalue weighted by molar-refractivity contribution is 0.555. The van der Waals surface area contributed by atoms with E-state index in [0.29, 0.717) is 15.8 Å². The molecule has 0 aromatic heterocycles. The highest BCUT2D eigenvalue weighted by Crippen LogP contribution is 2.32. The lowest BCUT2D eigenvalue weighted by atomic mass is 10.2. The van der Waals surface area contributed by atoms with Crippen LogP contribution in [0.4, 0.5) is 0 Å². The molecule has 0 amide bonds. The second-order valence-corrected chi connectivity index (χ2v) is 8.58. The van der Waals surface area contributed by atoms with Crippen molar-refractivity contribution in [3.63, 3.8) is 0 Å². The lowest BCUT2D eigenvalue weighted by Gasteiger charge is -2.20. The molecule has 1 fully saturated rings. The Balaban J connectivity index is 2.31. The minimum Gasteiger partial charge on any atom is -0.326 e. The molecule has 2 unspecified atom stereocenters. The number of thioether (sulfide) groups is 1. The van der Waals surface area contributed by atoms with E-state index in [4.69, 9.17) is 28.9 Å². The molecule has 1 aliphatic carbocycles. The summed E-state index contributed by atoms with van der Waals surface area (Å²) in [6, 6.07) is 2.83. The fourth-order valence-electron chi connectivity index (χ4n) is 2.54. The van der Waals surface area contributed by atoms with Gasteiger partial charge in [0.25, 0.3) is 0 Å². The zero-order valence-electron chi connectivity index (χ0n) is 11.6. The number of benzene rings is 1. The highest BCUT2D eigenvalue weighted by molar-refractivity contribution is 7.99. The third-order valence-corrected chi connectivity index (χ3v) is 7.15. The highest BCUT2D eigenvalue weighted by Gasteiger charge is 2.31. The predicted octanol–water partition coefficient (Wildman–Crippen LogP) is 3.01. The number of nitrogens with one attached hydrogen (secondary N) is 1. The Hall–Kier alpha value is 0.0200. The van der Waals surface area contributed by atoms with Crippen molar-refractivity contribution < 1.29 is 8.42 Å². The Morgan fingerprint density at radius 3 is 2.67 bits per heavy atom. The van der Waals surface area contributed by atoms with E-state index in [1.165, 1.54) is 12.1 Å². The molecule has 0 radical (unpaired) electrons. The summed E-state index contributed by atoms with van der Waals surface area (Å²) in [5.74, 6) is 0. The Morgan fingerprint density at radius 1 is 1.33 bits per heavy atom. The average Bonchev–Trinajstić information content (AvgIpc) is 2.85. The van der Waals surface area contributed by atoms with Crippen LogP contribution in [0.3, 0.4) is 0 Å². The Morgan fingerprint density at radius 2 is 2.05 bits per heavy atom. The molecule has 118 valence electrons. The van der Waals surface area contributed by atoms with Crippen LogP contribution in [0.15, 0.2) is 17.0 Å². The smallest absolute Gasteiger partial charge is 0.242 e. The summed E-state index contributed by atoms with van der Waals surface area (Å²) < 4.78 is 27.9. The lowest BCUT2D eigenvalue weighted by Crippen LogP contribution is -2.38. The first-order valence-corrected chi connectivity index (χ1v) is 10.1. The number of sulfonamides is 1. The van der Waals surface area contributed by atoms with Crippen molar-refractivity contribution in [2.75, 3.05) is 6.26 Å². The van der Waals surface area contributed by atoms with Gasteiger partial charge in [0, 0.05) is 22.9 Å². The van der Waals surface area contributed by atoms with Gasteiger partial charge in [0.2, 0.25) is 10.0 Å². The number of hydrogen-bond donors (Lipinski definition) is 2. The molecule has 1 aromatic carbocycles. The second kappa shape index (κ2) is 7.06. The van der Waals surface area contributed by atoms with E-state index < -0.39 is 10.0 Å². The summed E-state index contributed by atoms with van der Waals surface area (Å²) in [7, 11) is -3.68. The van der Waals surface area contributed by atoms with Crippen molar-refractivity contribution in [3.05, 3.63) is 27.7 Å². The van der Waals surface area contributed by atoms with E-state index in [2.05, 4.69) is 4.72 Å². The summed E-state index contributed by atoms with van der Waals surface area (Å²) in [5, 5.41) is 0.799. The van der Waals surface area contributed by atoms with Gasteiger partial charge in [-0.3, -0.25) is 0 Å². The van der Waals surface area contributed by atoms with Gasteiger partial charge in [-0.15, -0.1) is 0 Å². The van der Waals surface area contributed by atoms with Crippen molar-refractivity contribution in [3.8, 4) is 0 Å². The number of hydrogen-bond acceptors (Lipinski definition) is 4. The molecule has 8 heteroatoms. The molecule has 2 atom stereocenters. The summed E-state index contributed by atoms with van der Waals surface area (Å²) in [5.41, 5.74) is 6.14. The largest absolute Gasteiger partial charge is 0.326 e. The zero-order valence-corrected chi connectivity index (χ0v) is 14.7. The maximum absolute atomic E-state index is 12.6. The van der Waals surface area contributed by atoms with Crippen LogP contribution < -0.4 is 10.5 Å². The Kier molecular flexibility index (Phi) is 5.84. The van der Waals surface area contributed by atoms with Crippen molar-refractivity contribution in [1.29, 1.82) is 0 Å². The molecule has 0 bridgehead atoms. The SMILES string of the molecule is CSC1CCCC1NS(=O)(=O)c1cc(CN)c(Cl)cc1Cl. The van der Waals surface area contributed by atoms with E-state index in [1.807, 2.05) is 6.26 Å². The number of halogens is 2. The molecule has 1 aliphatic rings. The number of rotatable bonds is 5. The summed E-state index contributed by atoms with van der Waals surface area (Å²) in [6.07, 6.45) is 4.90. The topological polar surface area (TPSA) is 72.2 Å². The van der Waals surface area contributed by atoms with Gasteiger partial charge in [0.15, 0.2) is 0 Å². The molecule has 21 heavy (non-hydrogen) atoms. The Labute approximate surface area is 139 Å². The van der Waals surface area contributed by atoms with E-state index in [-0.39, 0.29) is 22.5 Å². The number of nitrogens with two attached hydrogens (primary N) is 1. The van der Waals surface area contributed by atoms with Gasteiger partial charge in [0.1, 0.15) is 4.90 Å². The summed E-state index contributed by atoms with van der Waals surface area (Å²) in [6.45, 7) is 0.162. The van der Waals surface area contributed by atoms with E-state index in [1.54, 1.807) is 11.8 Å². The van der Waals surface area contributed by atoms with Gasteiger partial charge in [-0.2, -0.15) is 11.8 Å². The molecule has 0 heterocycles. The minimum atomic E-state index is -3.68. The first-order chi connectivity index (χ1) is 9.89. The first kappa shape index (κ1) is 17.4. The van der Waals surface area contributed by atoms with Crippen molar-refractivity contribution in [2.24, 2.45) is 5.73 Å². The van der Waals surface area contributed by atoms with Crippen LogP contribution in [0, 0.1) is 0 Å². The molecule has 4 nitrogen and oxygen atoms in total. The van der Waals surface area contributed by atoms with Crippen LogP contribution in [0.2, 0.25) is 10.0 Å². The van der Waals surface area contributed by atoms with Gasteiger partial charge in [0.05, 0.1) is 5.02 Å². The fraction of sp³-hybridized carbons (Fsp3) is 0.538. The van der Waals surface area contributed by atoms with E-state index >= 15 is 0 Å². The molecular weight excluding hydrogens is 351 g/mol. The maximum atomic E-state index is 12.6. The molecule has 2 rings (SSSR count). The molecule has 0 saturated heterocycles. The summed E-state index contributed by atoms with van der Waals surface area (Å²) in [4.78, 5) is 0.0424. The van der Waals surface area contributed by atoms with Crippen molar-refractivity contribution in [2.45, 2.75) is 42.0 Å². The third-order valence-electron chi connectivity index (χ3n) is 3.67. The molecular formula is C13H18Cl2N2O2S2. The van der Waals surface area contributed by atoms with Crippen LogP contribution >= 0.6 is 35.0 Å². The standard InChI is InChI=1S/C13H18Cl2N2O2S2/c1-20-12-4-2-3-11(12)17-21(18,19)13-5-8(7-16)9(14)6-10(13)15/h5-6,11-12,17H,2-4,7,16H2,1H3. The van der Waals surface area contributed by atoms with Crippen LogP contribution in [0.1, 0.15) is 24.8 Å². The predicted molar refractivity (Wildman–Crippen MR) is 89.6 cm³/mol. The van der Waals surface area contributed by atoms with Crippen LogP contribution in [0.5, 0.6) is 0 Å². The normalized spacial score (nSPS) is 22.7. The Bertz CT molecular complexity index is 623. The molecule has 1 aromatic rings. The molecule has 0 spiro atoms. The molecule has 0 aliphatic heterocycles. The van der Waals surface area contributed by atoms with Gasteiger partial charge in [-0.25, -0.2) is 13.1 Å². The zero-order chi connectivity index (χ0) is 15.6. The third kappa shape index (κ3) is 3.86. The van der Waals surface area contributed by atoms with Crippen molar-refractivity contribution in [1.82, 2.24) is 4.72 Å². The second-order valence-electron chi connectivity index (χ2n) is 5.01. The monoisotopic (exact) mass is 368 g/mol. The van der Waals surface area contributed by atoms with Gasteiger partial charge in [-0.05, 0) is 36.8 Å². The van der Waals surface area contributed by atoms with Crippen LogP contribution in [0.25, 0.3) is 0 Å². The van der Waals surface area contributed by atoms with Gasteiger partial charge < -0.3 is 5.73 Å². The van der Waals surface area contributed by atoms with Crippen LogP contribution in [-0.2, 0) is 16.6 Å². The first-order valence-electron chi connectivity index (χ1n) is 6.62. The molecule has 1 saturated carbocycles. The molecule has 3 N–H and O–H groups in total. The van der Waals surface area contributed by atoms with Crippen LogP contribution in [-0.4, -0.2) is 26.0 Å². The van der Waals surface area contributed by atoms with Gasteiger partial charge >= 0.3 is 0 Å². The summed E-state index contributed by atoms with van der Waals surface area (Å²) >= 11 is 13.7. The minimum absolute atomic E-state index is 0.0424.